The number of benzene rings is 1. The minimum Gasteiger partial charge on any atom is -0.493 e. The predicted molar refractivity (Wildman–Crippen MR) is 125 cm³/mol. The summed E-state index contributed by atoms with van der Waals surface area (Å²) in [7, 11) is 1.57. The zero-order chi connectivity index (χ0) is 22.8. The molecule has 1 aromatic carbocycles. The van der Waals surface area contributed by atoms with E-state index in [1.165, 1.54) is 11.3 Å². The van der Waals surface area contributed by atoms with Gasteiger partial charge in [-0.15, -0.1) is 11.3 Å². The van der Waals surface area contributed by atoms with Crippen LogP contribution in [0, 0.1) is 6.92 Å². The van der Waals surface area contributed by atoms with Crippen LogP contribution in [0.4, 0.5) is 5.69 Å². The number of fused-ring (bicyclic) bond motifs is 1. The molecule has 4 heterocycles. The van der Waals surface area contributed by atoms with E-state index in [2.05, 4.69) is 15.3 Å². The molecule has 0 bridgehead atoms. The van der Waals surface area contributed by atoms with E-state index in [1.54, 1.807) is 32.2 Å². The number of aromatic nitrogens is 3. The number of carbonyl (C=O) groups excluding carboxylic acids is 1. The molecule has 0 saturated carbocycles. The van der Waals surface area contributed by atoms with Gasteiger partial charge in [-0.2, -0.15) is 0 Å². The monoisotopic (exact) mass is 460 g/mol. The Balaban J connectivity index is 1.33. The molecule has 0 spiro atoms. The highest BCUT2D eigenvalue weighted by atomic mass is 32.1. The third-order valence-electron chi connectivity index (χ3n) is 4.95. The van der Waals surface area contributed by atoms with Crippen molar-refractivity contribution in [3.8, 4) is 22.3 Å². The largest absolute Gasteiger partial charge is 0.493 e. The molecule has 166 valence electrons. The fourth-order valence-corrected chi connectivity index (χ4v) is 4.03. The number of pyridine rings is 1. The van der Waals surface area contributed by atoms with Crippen molar-refractivity contribution in [2.45, 2.75) is 13.5 Å². The van der Waals surface area contributed by atoms with Gasteiger partial charge in [0.15, 0.2) is 17.2 Å². The van der Waals surface area contributed by atoms with Gasteiger partial charge < -0.3 is 23.6 Å². The quantitative estimate of drug-likeness (QED) is 0.359. The van der Waals surface area contributed by atoms with Crippen molar-refractivity contribution in [2.75, 3.05) is 12.4 Å². The molecule has 9 heteroatoms. The number of nitrogens with one attached hydrogen (secondary N) is 1. The third kappa shape index (κ3) is 4.31. The first-order chi connectivity index (χ1) is 16.1. The van der Waals surface area contributed by atoms with Gasteiger partial charge in [-0.25, -0.2) is 9.97 Å². The minimum absolute atomic E-state index is 0.237. The van der Waals surface area contributed by atoms with Crippen LogP contribution in [0.15, 0.2) is 70.7 Å². The highest BCUT2D eigenvalue weighted by molar-refractivity contribution is 7.13. The Morgan fingerprint density at radius 2 is 2.06 bits per heavy atom. The molecule has 5 aromatic rings. The first-order valence-electron chi connectivity index (χ1n) is 10.2. The third-order valence-corrected chi connectivity index (χ3v) is 5.81. The van der Waals surface area contributed by atoms with Gasteiger partial charge in [0.05, 0.1) is 17.7 Å². The van der Waals surface area contributed by atoms with Crippen LogP contribution < -0.4 is 14.8 Å². The molecule has 5 rings (SSSR count). The molecule has 0 aliphatic carbocycles. The molecule has 1 N–H and O–H groups in total. The van der Waals surface area contributed by atoms with Gasteiger partial charge in [0.1, 0.15) is 18.0 Å². The van der Waals surface area contributed by atoms with Crippen molar-refractivity contribution in [2.24, 2.45) is 0 Å². The lowest BCUT2D eigenvalue weighted by Gasteiger charge is -2.12. The molecule has 4 aromatic heterocycles. The summed E-state index contributed by atoms with van der Waals surface area (Å²) in [5.74, 6) is 1.56. The number of hydrogen-bond donors (Lipinski definition) is 1. The summed E-state index contributed by atoms with van der Waals surface area (Å²) < 4.78 is 19.0. The standard InChI is InChI=1S/C24H20N4O4S/c1-15-22(27-24(32-15)20-6-5-11-33-20)23(29)26-16-8-9-18(30-2)19(12-16)31-14-17-13-28-10-4-3-7-21(28)25-17/h3-13H,14H2,1-2H3,(H,26,29). The first kappa shape index (κ1) is 20.8. The average Bonchev–Trinajstić information content (AvgIpc) is 3.57. The number of anilines is 1. The van der Waals surface area contributed by atoms with Gasteiger partial charge in [0, 0.05) is 24.1 Å². The number of thiophene rings is 1. The number of ether oxygens (including phenoxy) is 2. The zero-order valence-corrected chi connectivity index (χ0v) is 18.8. The second-order valence-electron chi connectivity index (χ2n) is 7.21. The van der Waals surface area contributed by atoms with Crippen molar-refractivity contribution in [3.05, 3.63) is 83.5 Å². The highest BCUT2D eigenvalue weighted by Gasteiger charge is 2.19. The normalized spacial score (nSPS) is 11.0. The van der Waals surface area contributed by atoms with Gasteiger partial charge in [-0.05, 0) is 42.6 Å². The van der Waals surface area contributed by atoms with E-state index in [0.717, 1.165) is 16.2 Å². The maximum atomic E-state index is 12.8. The van der Waals surface area contributed by atoms with E-state index in [-0.39, 0.29) is 18.2 Å². The number of carbonyl (C=O) groups is 1. The molecular formula is C24H20N4O4S. The number of nitrogens with zero attached hydrogens (tertiary/aromatic N) is 3. The average molecular weight is 461 g/mol. The zero-order valence-electron chi connectivity index (χ0n) is 17.9. The fourth-order valence-electron chi connectivity index (χ4n) is 3.38. The fraction of sp³-hybridized carbons (Fsp3) is 0.125. The van der Waals surface area contributed by atoms with E-state index in [0.29, 0.717) is 28.8 Å². The predicted octanol–water partition coefficient (Wildman–Crippen LogP) is 5.20. The maximum Gasteiger partial charge on any atom is 0.277 e. The second-order valence-corrected chi connectivity index (χ2v) is 8.16. The molecule has 0 unspecified atom stereocenters. The molecule has 0 aliphatic rings. The molecule has 0 radical (unpaired) electrons. The molecular weight excluding hydrogens is 440 g/mol. The van der Waals surface area contributed by atoms with Gasteiger partial charge in [-0.1, -0.05) is 12.1 Å². The number of methoxy groups -OCH3 is 1. The van der Waals surface area contributed by atoms with Crippen LogP contribution in [0.2, 0.25) is 0 Å². The molecule has 0 saturated heterocycles. The van der Waals surface area contributed by atoms with Gasteiger partial charge in [0.25, 0.3) is 5.91 Å². The van der Waals surface area contributed by atoms with Gasteiger partial charge >= 0.3 is 0 Å². The SMILES string of the molecule is COc1ccc(NC(=O)c2nc(-c3cccs3)oc2C)cc1OCc1cn2ccccc2n1. The van der Waals surface area contributed by atoms with E-state index in [4.69, 9.17) is 13.9 Å². The Morgan fingerprint density at radius 3 is 2.85 bits per heavy atom. The Morgan fingerprint density at radius 1 is 1.15 bits per heavy atom. The molecule has 33 heavy (non-hydrogen) atoms. The summed E-state index contributed by atoms with van der Waals surface area (Å²) >= 11 is 1.50. The lowest BCUT2D eigenvalue weighted by molar-refractivity contribution is 0.102. The van der Waals surface area contributed by atoms with Crippen molar-refractivity contribution < 1.29 is 18.7 Å². The van der Waals surface area contributed by atoms with Crippen molar-refractivity contribution >= 4 is 28.6 Å². The van der Waals surface area contributed by atoms with Crippen LogP contribution in [-0.2, 0) is 6.61 Å². The Labute approximate surface area is 193 Å². The lowest BCUT2D eigenvalue weighted by atomic mass is 10.2. The minimum atomic E-state index is -0.365. The first-order valence-corrected chi connectivity index (χ1v) is 11.0. The smallest absolute Gasteiger partial charge is 0.277 e. The topological polar surface area (TPSA) is 90.9 Å². The van der Waals surface area contributed by atoms with Crippen molar-refractivity contribution in [1.29, 1.82) is 0 Å². The Bertz CT molecular complexity index is 1390. The van der Waals surface area contributed by atoms with Gasteiger partial charge in [0.2, 0.25) is 5.89 Å². The summed E-state index contributed by atoms with van der Waals surface area (Å²) in [4.78, 5) is 22.6. The second kappa shape index (κ2) is 8.79. The summed E-state index contributed by atoms with van der Waals surface area (Å²) in [6.07, 6.45) is 3.84. The Hall–Kier alpha value is -4.11. The maximum absolute atomic E-state index is 12.8. The number of aryl methyl sites for hydroxylation is 1. The summed E-state index contributed by atoms with van der Waals surface area (Å²) in [5.41, 5.74) is 2.40. The van der Waals surface area contributed by atoms with Crippen LogP contribution in [0.25, 0.3) is 16.4 Å². The summed E-state index contributed by atoms with van der Waals surface area (Å²) in [6.45, 7) is 1.97. The number of imidazole rings is 1. The van der Waals surface area contributed by atoms with Crippen LogP contribution >= 0.6 is 11.3 Å². The van der Waals surface area contributed by atoms with E-state index >= 15 is 0 Å². The number of amides is 1. The molecule has 0 fully saturated rings. The van der Waals surface area contributed by atoms with E-state index in [1.807, 2.05) is 52.5 Å². The van der Waals surface area contributed by atoms with Crippen molar-refractivity contribution in [1.82, 2.24) is 14.4 Å². The molecule has 1 amide bonds. The van der Waals surface area contributed by atoms with Crippen LogP contribution in [-0.4, -0.2) is 27.4 Å². The number of hydrogen-bond acceptors (Lipinski definition) is 7. The van der Waals surface area contributed by atoms with Crippen LogP contribution in [0.5, 0.6) is 11.5 Å². The number of rotatable bonds is 7. The van der Waals surface area contributed by atoms with Crippen LogP contribution in [0.3, 0.4) is 0 Å². The van der Waals surface area contributed by atoms with Crippen LogP contribution in [0.1, 0.15) is 21.9 Å². The highest BCUT2D eigenvalue weighted by Crippen LogP contribution is 2.32. The molecule has 8 nitrogen and oxygen atoms in total. The summed E-state index contributed by atoms with van der Waals surface area (Å²) in [6, 6.07) is 14.8. The molecule has 0 aliphatic heterocycles. The summed E-state index contributed by atoms with van der Waals surface area (Å²) in [5, 5.41) is 4.79. The lowest BCUT2D eigenvalue weighted by Crippen LogP contribution is -2.13. The Kier molecular flexibility index (Phi) is 5.54. The van der Waals surface area contributed by atoms with E-state index in [9.17, 15) is 4.79 Å². The van der Waals surface area contributed by atoms with E-state index < -0.39 is 0 Å². The number of oxazole rings is 1. The van der Waals surface area contributed by atoms with Crippen molar-refractivity contribution in [3.63, 3.8) is 0 Å². The van der Waals surface area contributed by atoms with Gasteiger partial charge in [-0.3, -0.25) is 4.79 Å². The molecule has 0 atom stereocenters.